The lowest BCUT2D eigenvalue weighted by Gasteiger charge is -2.35. The lowest BCUT2D eigenvalue weighted by molar-refractivity contribution is 0.248. The molecule has 20 heavy (non-hydrogen) atoms. The number of aliphatic imine (C=N–C) groups is 1. The van der Waals surface area contributed by atoms with Gasteiger partial charge in [-0.3, -0.25) is 0 Å². The monoisotopic (exact) mass is 294 g/mol. The molecular weight excluding hydrogens is 276 g/mol. The summed E-state index contributed by atoms with van der Waals surface area (Å²) in [7, 11) is -3.49. The highest BCUT2D eigenvalue weighted by Crippen LogP contribution is 2.27. The van der Waals surface area contributed by atoms with Crippen molar-refractivity contribution >= 4 is 16.1 Å². The predicted molar refractivity (Wildman–Crippen MR) is 75.7 cm³/mol. The number of rotatable bonds is 3. The second kappa shape index (κ2) is 5.87. The number of aryl methyl sites for hydroxylation is 1. The Bertz CT molecular complexity index is 636. The Morgan fingerprint density at radius 3 is 2.65 bits per heavy atom. The molecule has 0 spiro atoms. The lowest BCUT2D eigenvalue weighted by Crippen LogP contribution is -2.45. The molecule has 0 N–H and O–H groups in total. The Hall–Kier alpha value is -1.49. The highest BCUT2D eigenvalue weighted by atomic mass is 32.2. The molecule has 108 valence electrons. The normalized spacial score (nSPS) is 24.1. The van der Waals surface area contributed by atoms with Gasteiger partial charge in [-0.1, -0.05) is 18.2 Å². The van der Waals surface area contributed by atoms with Crippen LogP contribution in [0.5, 0.6) is 0 Å². The van der Waals surface area contributed by atoms with Crippen LogP contribution in [0.1, 0.15) is 25.3 Å². The van der Waals surface area contributed by atoms with E-state index in [0.29, 0.717) is 24.3 Å². The van der Waals surface area contributed by atoms with Crippen LogP contribution in [0.3, 0.4) is 0 Å². The fourth-order valence-electron chi connectivity index (χ4n) is 2.65. The van der Waals surface area contributed by atoms with Crippen molar-refractivity contribution < 1.29 is 13.2 Å². The van der Waals surface area contributed by atoms with E-state index in [-0.39, 0.29) is 12.1 Å². The van der Waals surface area contributed by atoms with Crippen LogP contribution in [0.25, 0.3) is 0 Å². The third kappa shape index (κ3) is 2.82. The Morgan fingerprint density at radius 2 is 2.05 bits per heavy atom. The minimum absolute atomic E-state index is 0.120. The van der Waals surface area contributed by atoms with E-state index in [1.165, 1.54) is 4.31 Å². The highest BCUT2D eigenvalue weighted by Gasteiger charge is 2.35. The summed E-state index contributed by atoms with van der Waals surface area (Å²) >= 11 is 0. The summed E-state index contributed by atoms with van der Waals surface area (Å²) in [6.45, 7) is 4.02. The van der Waals surface area contributed by atoms with Crippen LogP contribution < -0.4 is 0 Å². The van der Waals surface area contributed by atoms with Gasteiger partial charge in [0, 0.05) is 12.6 Å². The summed E-state index contributed by atoms with van der Waals surface area (Å²) in [5.74, 6) is 0. The fourth-order valence-corrected chi connectivity index (χ4v) is 4.53. The van der Waals surface area contributed by atoms with E-state index in [4.69, 9.17) is 0 Å². The molecule has 6 heteroatoms. The van der Waals surface area contributed by atoms with Crippen LogP contribution >= 0.6 is 0 Å². The molecule has 2 rings (SSSR count). The van der Waals surface area contributed by atoms with Crippen molar-refractivity contribution in [3.63, 3.8) is 0 Å². The summed E-state index contributed by atoms with van der Waals surface area (Å²) in [5.41, 5.74) is 0.743. The summed E-state index contributed by atoms with van der Waals surface area (Å²) in [6.07, 6.45) is 2.68. The van der Waals surface area contributed by atoms with E-state index in [2.05, 4.69) is 4.99 Å². The molecule has 1 aliphatic rings. The summed E-state index contributed by atoms with van der Waals surface area (Å²) in [4.78, 5) is 14.4. The molecule has 2 atom stereocenters. The van der Waals surface area contributed by atoms with Crippen LogP contribution in [-0.2, 0) is 14.8 Å². The van der Waals surface area contributed by atoms with Gasteiger partial charge in [-0.25, -0.2) is 18.2 Å². The second-order valence-corrected chi connectivity index (χ2v) is 6.99. The Balaban J connectivity index is 2.28. The number of piperidine rings is 1. The first-order valence-electron chi connectivity index (χ1n) is 6.61. The Kier molecular flexibility index (Phi) is 4.38. The van der Waals surface area contributed by atoms with E-state index in [1.54, 1.807) is 31.2 Å². The van der Waals surface area contributed by atoms with E-state index >= 15 is 0 Å². The van der Waals surface area contributed by atoms with Gasteiger partial charge in [0.05, 0.1) is 10.9 Å². The van der Waals surface area contributed by atoms with Crippen molar-refractivity contribution in [3.8, 4) is 0 Å². The summed E-state index contributed by atoms with van der Waals surface area (Å²) in [6, 6.07) is 6.69. The second-order valence-electron chi connectivity index (χ2n) is 5.13. The zero-order valence-corrected chi connectivity index (χ0v) is 12.4. The van der Waals surface area contributed by atoms with Crippen molar-refractivity contribution in [2.24, 2.45) is 4.99 Å². The molecule has 0 radical (unpaired) electrons. The number of sulfonamides is 1. The van der Waals surface area contributed by atoms with Crippen LogP contribution in [0.4, 0.5) is 0 Å². The average molecular weight is 294 g/mol. The molecule has 5 nitrogen and oxygen atoms in total. The van der Waals surface area contributed by atoms with Gasteiger partial charge >= 0.3 is 0 Å². The minimum atomic E-state index is -3.49. The maximum Gasteiger partial charge on any atom is 0.243 e. The topological polar surface area (TPSA) is 66.8 Å². The Labute approximate surface area is 119 Å². The van der Waals surface area contributed by atoms with Gasteiger partial charge in [0.1, 0.15) is 0 Å². The molecular formula is C14H18N2O3S. The minimum Gasteiger partial charge on any atom is -0.211 e. The van der Waals surface area contributed by atoms with Gasteiger partial charge in [-0.15, -0.1) is 0 Å². The molecule has 1 aromatic rings. The van der Waals surface area contributed by atoms with Crippen molar-refractivity contribution in [2.75, 3.05) is 6.54 Å². The molecule has 0 saturated carbocycles. The number of carbonyl (C=O) groups excluding carboxylic acids is 1. The third-order valence-electron chi connectivity index (χ3n) is 3.70. The SMILES string of the molecule is Cc1ccccc1S(=O)(=O)N1CCC(N=C=O)CC1C. The standard InChI is InChI=1S/C14H18N2O3S/c1-11-5-3-4-6-14(11)20(18,19)16-8-7-13(15-10-17)9-12(16)2/h3-6,12-13H,7-9H2,1-2H3. The number of hydrogen-bond donors (Lipinski definition) is 0. The summed E-state index contributed by atoms with van der Waals surface area (Å²) < 4.78 is 26.9. The van der Waals surface area contributed by atoms with Crippen LogP contribution in [0, 0.1) is 6.92 Å². The molecule has 1 aromatic carbocycles. The maximum absolute atomic E-state index is 12.7. The molecule has 1 heterocycles. The maximum atomic E-state index is 12.7. The summed E-state index contributed by atoms with van der Waals surface area (Å²) in [5, 5.41) is 0. The van der Waals surface area contributed by atoms with E-state index < -0.39 is 10.0 Å². The third-order valence-corrected chi connectivity index (χ3v) is 5.88. The van der Waals surface area contributed by atoms with Crippen LogP contribution in [-0.4, -0.2) is 37.4 Å². The quantitative estimate of drug-likeness (QED) is 0.631. The van der Waals surface area contributed by atoms with Crippen molar-refractivity contribution in [1.82, 2.24) is 4.31 Å². The van der Waals surface area contributed by atoms with Gasteiger partial charge in [-0.2, -0.15) is 4.31 Å². The predicted octanol–water partition coefficient (Wildman–Crippen LogP) is 1.87. The number of nitrogens with zero attached hydrogens (tertiary/aromatic N) is 2. The van der Waals surface area contributed by atoms with Crippen LogP contribution in [0.15, 0.2) is 34.2 Å². The number of benzene rings is 1. The van der Waals surface area contributed by atoms with E-state index in [9.17, 15) is 13.2 Å². The van der Waals surface area contributed by atoms with Crippen molar-refractivity contribution in [3.05, 3.63) is 29.8 Å². The molecule has 1 fully saturated rings. The Morgan fingerprint density at radius 1 is 1.35 bits per heavy atom. The van der Waals surface area contributed by atoms with Crippen molar-refractivity contribution in [1.29, 1.82) is 0 Å². The van der Waals surface area contributed by atoms with E-state index in [0.717, 1.165) is 5.56 Å². The largest absolute Gasteiger partial charge is 0.243 e. The first-order valence-corrected chi connectivity index (χ1v) is 8.05. The van der Waals surface area contributed by atoms with E-state index in [1.807, 2.05) is 13.0 Å². The zero-order valence-electron chi connectivity index (χ0n) is 11.6. The zero-order chi connectivity index (χ0) is 14.8. The lowest BCUT2D eigenvalue weighted by atomic mass is 10.0. The van der Waals surface area contributed by atoms with Gasteiger partial charge in [0.15, 0.2) is 0 Å². The first kappa shape index (κ1) is 14.9. The highest BCUT2D eigenvalue weighted by molar-refractivity contribution is 7.89. The first-order chi connectivity index (χ1) is 9.46. The van der Waals surface area contributed by atoms with Gasteiger partial charge in [-0.05, 0) is 38.3 Å². The number of hydrogen-bond acceptors (Lipinski definition) is 4. The van der Waals surface area contributed by atoms with Gasteiger partial charge in [0.25, 0.3) is 0 Å². The fraction of sp³-hybridized carbons (Fsp3) is 0.500. The number of isocyanates is 1. The van der Waals surface area contributed by atoms with Crippen molar-refractivity contribution in [2.45, 2.75) is 43.7 Å². The molecule has 1 saturated heterocycles. The van der Waals surface area contributed by atoms with Gasteiger partial charge < -0.3 is 0 Å². The van der Waals surface area contributed by atoms with Crippen LogP contribution in [0.2, 0.25) is 0 Å². The molecule has 1 aliphatic heterocycles. The molecule has 0 amide bonds. The average Bonchev–Trinajstić information content (AvgIpc) is 2.39. The molecule has 2 unspecified atom stereocenters. The smallest absolute Gasteiger partial charge is 0.211 e. The molecule has 0 aromatic heterocycles. The van der Waals surface area contributed by atoms with Gasteiger partial charge in [0.2, 0.25) is 16.1 Å². The molecule has 0 aliphatic carbocycles. The molecule has 0 bridgehead atoms.